The van der Waals surface area contributed by atoms with Crippen molar-refractivity contribution in [3.63, 3.8) is 0 Å². The van der Waals surface area contributed by atoms with Crippen molar-refractivity contribution < 1.29 is 0 Å². The summed E-state index contributed by atoms with van der Waals surface area (Å²) in [5.41, 5.74) is 14.2. The Morgan fingerprint density at radius 1 is 0.261 bits per heavy atom. The third-order valence-corrected chi connectivity index (χ3v) is 18.2. The molecule has 0 radical (unpaired) electrons. The molecule has 3 aromatic rings. The third kappa shape index (κ3) is 8.19. The molecule has 3 rings (SSSR count). The first-order valence-electron chi connectivity index (χ1n) is 18.6. The molecule has 46 heavy (non-hydrogen) atoms. The number of hydrogen-bond donors (Lipinski definition) is 0. The average molecular weight is 732 g/mol. The van der Waals surface area contributed by atoms with Gasteiger partial charge in [-0.25, -0.2) is 0 Å². The molecule has 1 heteroatoms. The zero-order valence-electron chi connectivity index (χ0n) is 33.1. The van der Waals surface area contributed by atoms with Gasteiger partial charge in [0.2, 0.25) is 0 Å². The van der Waals surface area contributed by atoms with Crippen molar-refractivity contribution >= 4 is 30.7 Å². The van der Waals surface area contributed by atoms with Crippen LogP contribution in [0.2, 0.25) is 0 Å². The Morgan fingerprint density at radius 3 is 0.522 bits per heavy atom. The van der Waals surface area contributed by atoms with Gasteiger partial charge in [0.1, 0.15) is 0 Å². The fourth-order valence-corrected chi connectivity index (χ4v) is 18.7. The predicted molar refractivity (Wildman–Crippen MR) is 211 cm³/mol. The summed E-state index contributed by atoms with van der Waals surface area (Å²) in [5.74, 6) is 4.36. The fourth-order valence-electron chi connectivity index (χ4n) is 6.86. The van der Waals surface area contributed by atoms with E-state index in [0.717, 1.165) is 0 Å². The molecule has 0 N–H and O–H groups in total. The van der Waals surface area contributed by atoms with Crippen molar-refractivity contribution in [3.8, 4) is 0 Å². The Morgan fingerprint density at radius 2 is 0.413 bits per heavy atom. The van der Waals surface area contributed by atoms with Crippen molar-refractivity contribution in [1.29, 1.82) is 0 Å². The molecule has 0 saturated heterocycles. The van der Waals surface area contributed by atoms with E-state index in [0.29, 0.717) is 53.3 Å². The van der Waals surface area contributed by atoms with Gasteiger partial charge in [0.15, 0.2) is 0 Å². The van der Waals surface area contributed by atoms with Crippen molar-refractivity contribution in [1.82, 2.24) is 0 Å². The molecule has 0 unspecified atom stereocenters. The maximum absolute atomic E-state index is 2.74. The summed E-state index contributed by atoms with van der Waals surface area (Å²) < 4.78 is 5.29. The van der Waals surface area contributed by atoms with Gasteiger partial charge in [-0.2, -0.15) is 0 Å². The van der Waals surface area contributed by atoms with Crippen LogP contribution in [0.15, 0.2) is 36.4 Å². The van der Waals surface area contributed by atoms with E-state index in [1.165, 1.54) is 16.7 Å². The molecular formula is C45H69Sb. The Labute approximate surface area is 293 Å². The van der Waals surface area contributed by atoms with Crippen LogP contribution in [0.5, 0.6) is 0 Å². The van der Waals surface area contributed by atoms with E-state index in [9.17, 15) is 0 Å². The number of rotatable bonds is 12. The van der Waals surface area contributed by atoms with E-state index in [4.69, 9.17) is 0 Å². The standard InChI is InChI=1S/3C15H23.Sb/c3*1-10(2)13-7-14(11(3)4)9-15(8-13)12(5)6;/h3*7-8,10-12H,1-6H3;. The Hall–Kier alpha value is -1.52. The van der Waals surface area contributed by atoms with Gasteiger partial charge in [0, 0.05) is 0 Å². The molecule has 0 atom stereocenters. The Bertz CT molecular complexity index is 1210. The summed E-state index contributed by atoms with van der Waals surface area (Å²) in [5, 5.41) is 0. The number of hydrogen-bond acceptors (Lipinski definition) is 0. The molecule has 0 saturated carbocycles. The van der Waals surface area contributed by atoms with E-state index in [1.807, 2.05) is 0 Å². The van der Waals surface area contributed by atoms with E-state index < -0.39 is 20.2 Å². The molecule has 0 fully saturated rings. The SMILES string of the molecule is CC(C)c1cc(C(C)C)[c]([Sb]([c]2c(C(C)C)cc(C(C)C)cc2C(C)C)[c]2c(C(C)C)cc(C(C)C)cc2C(C)C)c(C(C)C)c1. The summed E-state index contributed by atoms with van der Waals surface area (Å²) in [7, 11) is 0. The van der Waals surface area contributed by atoms with Gasteiger partial charge in [-0.15, -0.1) is 0 Å². The monoisotopic (exact) mass is 730 g/mol. The second-order valence-corrected chi connectivity index (χ2v) is 22.6. The van der Waals surface area contributed by atoms with E-state index in [2.05, 4.69) is 161 Å². The van der Waals surface area contributed by atoms with Crippen LogP contribution in [0.3, 0.4) is 0 Å². The zero-order chi connectivity index (χ0) is 34.9. The van der Waals surface area contributed by atoms with Crippen LogP contribution in [-0.2, 0) is 0 Å². The predicted octanol–water partition coefficient (Wildman–Crippen LogP) is 12.3. The minimum atomic E-state index is -2.74. The van der Waals surface area contributed by atoms with Gasteiger partial charge < -0.3 is 0 Å². The molecule has 0 nitrogen and oxygen atoms in total. The molecule has 0 spiro atoms. The van der Waals surface area contributed by atoms with Gasteiger partial charge in [-0.1, -0.05) is 0 Å². The summed E-state index contributed by atoms with van der Waals surface area (Å²) in [6, 6.07) is 15.8. The number of benzene rings is 3. The molecule has 254 valence electrons. The van der Waals surface area contributed by atoms with Crippen molar-refractivity contribution in [2.45, 2.75) is 178 Å². The van der Waals surface area contributed by atoms with E-state index in [-0.39, 0.29) is 0 Å². The van der Waals surface area contributed by atoms with Gasteiger partial charge in [-0.3, -0.25) is 0 Å². The van der Waals surface area contributed by atoms with Crippen molar-refractivity contribution in [3.05, 3.63) is 86.5 Å². The first kappa shape index (κ1) is 38.9. The van der Waals surface area contributed by atoms with E-state index in [1.54, 1.807) is 43.9 Å². The second-order valence-electron chi connectivity index (χ2n) is 16.9. The normalized spacial score (nSPS) is 12.8. The molecule has 0 aromatic heterocycles. The quantitative estimate of drug-likeness (QED) is 0.163. The zero-order valence-corrected chi connectivity index (χ0v) is 35.7. The third-order valence-electron chi connectivity index (χ3n) is 9.98. The Balaban J connectivity index is 2.84. The topological polar surface area (TPSA) is 0 Å². The molecule has 0 aliphatic carbocycles. The fraction of sp³-hybridized carbons (Fsp3) is 0.600. The summed E-state index contributed by atoms with van der Waals surface area (Å²) in [6.07, 6.45) is 0. The summed E-state index contributed by atoms with van der Waals surface area (Å²) >= 11 is -2.74. The summed E-state index contributed by atoms with van der Waals surface area (Å²) in [4.78, 5) is 0. The molecule has 0 amide bonds. The van der Waals surface area contributed by atoms with Crippen LogP contribution in [-0.4, -0.2) is 20.2 Å². The molecule has 0 aliphatic heterocycles. The molecule has 0 aliphatic rings. The van der Waals surface area contributed by atoms with Crippen LogP contribution in [0.25, 0.3) is 0 Å². The second kappa shape index (κ2) is 15.8. The van der Waals surface area contributed by atoms with Crippen LogP contribution >= 0.6 is 0 Å². The molecule has 0 bridgehead atoms. The molecule has 3 aromatic carbocycles. The van der Waals surface area contributed by atoms with Gasteiger partial charge >= 0.3 is 295 Å². The van der Waals surface area contributed by atoms with Crippen LogP contribution in [0.1, 0.15) is 228 Å². The maximum atomic E-state index is 2.63. The van der Waals surface area contributed by atoms with E-state index >= 15 is 0 Å². The Kier molecular flexibility index (Phi) is 13.4. The van der Waals surface area contributed by atoms with Crippen molar-refractivity contribution in [2.75, 3.05) is 0 Å². The minimum absolute atomic E-state index is 0.470. The average Bonchev–Trinajstić information content (AvgIpc) is 2.95. The summed E-state index contributed by atoms with van der Waals surface area (Å²) in [6.45, 7) is 43.7. The molecular weight excluding hydrogens is 662 g/mol. The van der Waals surface area contributed by atoms with Crippen LogP contribution in [0.4, 0.5) is 0 Å². The van der Waals surface area contributed by atoms with Crippen molar-refractivity contribution in [2.24, 2.45) is 0 Å². The molecule has 0 heterocycles. The first-order valence-corrected chi connectivity index (χ1v) is 22.5. The van der Waals surface area contributed by atoms with Gasteiger partial charge in [0.05, 0.1) is 0 Å². The van der Waals surface area contributed by atoms with Crippen LogP contribution < -0.4 is 10.5 Å². The van der Waals surface area contributed by atoms with Gasteiger partial charge in [-0.05, 0) is 0 Å². The van der Waals surface area contributed by atoms with Gasteiger partial charge in [0.25, 0.3) is 0 Å². The van der Waals surface area contributed by atoms with Crippen LogP contribution in [0, 0.1) is 0 Å². The first-order chi connectivity index (χ1) is 21.3.